The molecule has 0 unspecified atom stereocenters. The second-order valence-electron chi connectivity index (χ2n) is 4.83. The van der Waals surface area contributed by atoms with E-state index in [1.807, 2.05) is 0 Å². The van der Waals surface area contributed by atoms with Gasteiger partial charge in [0.2, 0.25) is 0 Å². The van der Waals surface area contributed by atoms with Crippen molar-refractivity contribution in [1.29, 1.82) is 5.26 Å². The molecule has 0 spiro atoms. The van der Waals surface area contributed by atoms with Gasteiger partial charge in [-0.15, -0.1) is 0 Å². The fourth-order valence-electron chi connectivity index (χ4n) is 2.14. The number of nitriles is 1. The van der Waals surface area contributed by atoms with Crippen LogP contribution in [0.4, 0.5) is 10.8 Å². The molecular formula is C12H19N5S. The summed E-state index contributed by atoms with van der Waals surface area (Å²) in [5.74, 6) is 1.19. The number of nitrogen functional groups attached to an aromatic ring is 1. The second kappa shape index (κ2) is 6.03. The van der Waals surface area contributed by atoms with Gasteiger partial charge in [-0.05, 0) is 43.4 Å². The van der Waals surface area contributed by atoms with Crippen LogP contribution >= 0.6 is 11.5 Å². The van der Waals surface area contributed by atoms with Crippen molar-refractivity contribution in [2.24, 2.45) is 5.92 Å². The maximum atomic E-state index is 8.95. The van der Waals surface area contributed by atoms with Gasteiger partial charge in [-0.1, -0.05) is 6.92 Å². The number of anilines is 2. The topological polar surface area (TPSA) is 78.0 Å². The molecule has 0 amide bonds. The molecule has 1 aliphatic heterocycles. The van der Waals surface area contributed by atoms with Crippen molar-refractivity contribution < 1.29 is 0 Å². The van der Waals surface area contributed by atoms with Crippen molar-refractivity contribution in [3.05, 3.63) is 5.56 Å². The Bertz CT molecular complexity index is 428. The summed E-state index contributed by atoms with van der Waals surface area (Å²) in [6.45, 7) is 6.52. The lowest BCUT2D eigenvalue weighted by molar-refractivity contribution is 0.199. The van der Waals surface area contributed by atoms with Crippen LogP contribution in [0.5, 0.6) is 0 Å². The molecule has 1 aromatic heterocycles. The highest BCUT2D eigenvalue weighted by atomic mass is 32.1. The summed E-state index contributed by atoms with van der Waals surface area (Å²) in [5, 5.41) is 13.0. The third-order valence-electron chi connectivity index (χ3n) is 3.42. The Balaban J connectivity index is 1.77. The molecule has 18 heavy (non-hydrogen) atoms. The molecule has 0 saturated carbocycles. The summed E-state index contributed by atoms with van der Waals surface area (Å²) in [5.41, 5.74) is 6.09. The minimum absolute atomic E-state index is 0.330. The summed E-state index contributed by atoms with van der Waals surface area (Å²) in [6, 6.07) is 2.08. The number of hydrogen-bond acceptors (Lipinski definition) is 6. The van der Waals surface area contributed by atoms with Gasteiger partial charge >= 0.3 is 0 Å². The summed E-state index contributed by atoms with van der Waals surface area (Å²) in [4.78, 5) is 2.46. The van der Waals surface area contributed by atoms with Gasteiger partial charge in [0.25, 0.3) is 0 Å². The fourth-order valence-corrected chi connectivity index (χ4v) is 2.83. The van der Waals surface area contributed by atoms with Crippen LogP contribution in [0.25, 0.3) is 0 Å². The monoisotopic (exact) mass is 265 g/mol. The van der Waals surface area contributed by atoms with Crippen LogP contribution in [0.1, 0.15) is 25.3 Å². The molecule has 2 rings (SSSR count). The molecule has 3 N–H and O–H groups in total. The highest BCUT2D eigenvalue weighted by molar-refractivity contribution is 7.10. The predicted octanol–water partition coefficient (Wildman–Crippen LogP) is 1.74. The van der Waals surface area contributed by atoms with Gasteiger partial charge in [-0.2, -0.15) is 9.64 Å². The Morgan fingerprint density at radius 2 is 2.28 bits per heavy atom. The largest absolute Gasteiger partial charge is 0.382 e. The first-order valence-corrected chi connectivity index (χ1v) is 7.09. The van der Waals surface area contributed by atoms with Crippen molar-refractivity contribution in [2.75, 3.05) is 37.2 Å². The normalized spacial score (nSPS) is 17.6. The van der Waals surface area contributed by atoms with Crippen molar-refractivity contribution in [1.82, 2.24) is 9.27 Å². The molecule has 1 fully saturated rings. The van der Waals surface area contributed by atoms with Crippen LogP contribution in [-0.2, 0) is 0 Å². The molecule has 98 valence electrons. The van der Waals surface area contributed by atoms with Crippen LogP contribution in [0.15, 0.2) is 0 Å². The van der Waals surface area contributed by atoms with Gasteiger partial charge < -0.3 is 16.0 Å². The van der Waals surface area contributed by atoms with E-state index < -0.39 is 0 Å². The summed E-state index contributed by atoms with van der Waals surface area (Å²) in [7, 11) is 0. The van der Waals surface area contributed by atoms with Crippen LogP contribution in [0, 0.1) is 17.2 Å². The van der Waals surface area contributed by atoms with E-state index in [2.05, 4.69) is 27.6 Å². The zero-order valence-corrected chi connectivity index (χ0v) is 11.5. The number of rotatable bonds is 4. The molecule has 0 aliphatic carbocycles. The van der Waals surface area contributed by atoms with Gasteiger partial charge in [0.1, 0.15) is 16.6 Å². The van der Waals surface area contributed by atoms with Crippen LogP contribution in [-0.4, -0.2) is 35.5 Å². The highest BCUT2D eigenvalue weighted by Crippen LogP contribution is 2.25. The molecule has 5 nitrogen and oxygen atoms in total. The van der Waals surface area contributed by atoms with Gasteiger partial charge in [0, 0.05) is 13.1 Å². The number of nitrogens with one attached hydrogen (secondary N) is 1. The van der Waals surface area contributed by atoms with E-state index in [0.717, 1.165) is 24.0 Å². The molecule has 0 aromatic carbocycles. The Hall–Kier alpha value is -1.32. The van der Waals surface area contributed by atoms with E-state index in [1.165, 1.54) is 37.5 Å². The zero-order valence-electron chi connectivity index (χ0n) is 10.6. The lowest BCUT2D eigenvalue weighted by Crippen LogP contribution is -2.36. The summed E-state index contributed by atoms with van der Waals surface area (Å²) in [6.07, 6.45) is 2.58. The SMILES string of the molecule is CC1CCN(CCNc2snc(N)c2C#N)CC1. The number of hydrogen-bond donors (Lipinski definition) is 2. The Kier molecular flexibility index (Phi) is 4.39. The minimum atomic E-state index is 0.330. The number of piperidine rings is 1. The van der Waals surface area contributed by atoms with E-state index >= 15 is 0 Å². The maximum absolute atomic E-state index is 8.95. The van der Waals surface area contributed by atoms with Gasteiger partial charge in [-0.25, -0.2) is 0 Å². The quantitative estimate of drug-likeness (QED) is 0.867. The van der Waals surface area contributed by atoms with Crippen molar-refractivity contribution in [2.45, 2.75) is 19.8 Å². The van der Waals surface area contributed by atoms with Gasteiger partial charge in [-0.3, -0.25) is 0 Å². The van der Waals surface area contributed by atoms with Crippen LogP contribution in [0.3, 0.4) is 0 Å². The standard InChI is InChI=1S/C12H19N5S/c1-9-2-5-17(6-3-9)7-4-15-12-10(8-13)11(14)16-18-12/h9,15H,2-7H2,1H3,(H2,14,16). The Morgan fingerprint density at radius 3 is 2.94 bits per heavy atom. The van der Waals surface area contributed by atoms with Crippen molar-refractivity contribution >= 4 is 22.4 Å². The lowest BCUT2D eigenvalue weighted by Gasteiger charge is -2.30. The van der Waals surface area contributed by atoms with E-state index in [0.29, 0.717) is 11.4 Å². The Labute approximate surface area is 112 Å². The average molecular weight is 265 g/mol. The molecule has 0 radical (unpaired) electrons. The van der Waals surface area contributed by atoms with Gasteiger partial charge in [0.05, 0.1) is 0 Å². The number of likely N-dealkylation sites (tertiary alicyclic amines) is 1. The first-order chi connectivity index (χ1) is 8.70. The molecule has 0 bridgehead atoms. The van der Waals surface area contributed by atoms with E-state index in [-0.39, 0.29) is 0 Å². The van der Waals surface area contributed by atoms with Gasteiger partial charge in [0.15, 0.2) is 5.82 Å². The number of aromatic nitrogens is 1. The number of nitrogens with two attached hydrogens (primary N) is 1. The summed E-state index contributed by atoms with van der Waals surface area (Å²) < 4.78 is 3.98. The maximum Gasteiger partial charge on any atom is 0.157 e. The first kappa shape index (κ1) is 13.1. The molecular weight excluding hydrogens is 246 g/mol. The molecule has 1 aromatic rings. The fraction of sp³-hybridized carbons (Fsp3) is 0.667. The van der Waals surface area contributed by atoms with Crippen LogP contribution in [0.2, 0.25) is 0 Å². The smallest absolute Gasteiger partial charge is 0.157 e. The van der Waals surface area contributed by atoms with Crippen molar-refractivity contribution in [3.63, 3.8) is 0 Å². The van der Waals surface area contributed by atoms with E-state index in [1.54, 1.807) is 0 Å². The molecule has 6 heteroatoms. The van der Waals surface area contributed by atoms with Crippen LogP contribution < -0.4 is 11.1 Å². The summed E-state index contributed by atoms with van der Waals surface area (Å²) >= 11 is 1.26. The molecule has 1 saturated heterocycles. The van der Waals surface area contributed by atoms with E-state index in [4.69, 9.17) is 11.0 Å². The average Bonchev–Trinajstić information content (AvgIpc) is 2.72. The molecule has 1 aliphatic rings. The second-order valence-corrected chi connectivity index (χ2v) is 5.61. The Morgan fingerprint density at radius 1 is 1.56 bits per heavy atom. The van der Waals surface area contributed by atoms with Crippen molar-refractivity contribution in [3.8, 4) is 6.07 Å². The highest BCUT2D eigenvalue weighted by Gasteiger charge is 2.15. The lowest BCUT2D eigenvalue weighted by atomic mass is 9.99. The third-order valence-corrected chi connectivity index (χ3v) is 4.24. The molecule has 0 atom stereocenters. The zero-order chi connectivity index (χ0) is 13.0. The third kappa shape index (κ3) is 3.12. The van der Waals surface area contributed by atoms with E-state index in [9.17, 15) is 0 Å². The minimum Gasteiger partial charge on any atom is -0.382 e. The molecule has 2 heterocycles. The first-order valence-electron chi connectivity index (χ1n) is 6.32. The number of nitrogens with zero attached hydrogens (tertiary/aromatic N) is 3. The predicted molar refractivity (Wildman–Crippen MR) is 74.6 cm³/mol.